The molecule has 0 spiro atoms. The van der Waals surface area contributed by atoms with E-state index in [9.17, 15) is 10.1 Å². The van der Waals surface area contributed by atoms with Gasteiger partial charge >= 0.3 is 0 Å². The van der Waals surface area contributed by atoms with E-state index >= 15 is 0 Å². The van der Waals surface area contributed by atoms with Gasteiger partial charge in [0.05, 0.1) is 18.1 Å². The van der Waals surface area contributed by atoms with Crippen molar-refractivity contribution >= 4 is 5.69 Å². The summed E-state index contributed by atoms with van der Waals surface area (Å²) in [4.78, 5) is 22.0. The Balaban J connectivity index is 2.52. The van der Waals surface area contributed by atoms with Crippen molar-refractivity contribution < 1.29 is 9.66 Å². The molecule has 7 heteroatoms. The lowest BCUT2D eigenvalue weighted by atomic mass is 10.3. The monoisotopic (exact) mass is 232 g/mol. The van der Waals surface area contributed by atoms with E-state index in [0.29, 0.717) is 11.5 Å². The van der Waals surface area contributed by atoms with Crippen LogP contribution in [0.4, 0.5) is 5.69 Å². The maximum Gasteiger partial charge on any atom is 0.291 e. The van der Waals surface area contributed by atoms with Crippen molar-refractivity contribution in [1.29, 1.82) is 0 Å². The molecule has 86 valence electrons. The van der Waals surface area contributed by atoms with Gasteiger partial charge in [-0.2, -0.15) is 0 Å². The molecule has 0 bridgehead atoms. The minimum absolute atomic E-state index is 0.137. The minimum Gasteiger partial charge on any atom is -0.494 e. The molecule has 0 saturated heterocycles. The Morgan fingerprint density at radius 2 is 2.00 bits per heavy atom. The van der Waals surface area contributed by atoms with Crippen molar-refractivity contribution in [2.75, 3.05) is 7.11 Å². The third-order valence-corrected chi connectivity index (χ3v) is 2.05. The Labute approximate surface area is 96.3 Å². The van der Waals surface area contributed by atoms with Gasteiger partial charge in [0.25, 0.3) is 5.69 Å². The van der Waals surface area contributed by atoms with Crippen molar-refractivity contribution in [2.24, 2.45) is 0 Å². The SMILES string of the molecule is COc1cc([N+](=O)[O-])cnc1-c1ncccn1. The van der Waals surface area contributed by atoms with Crippen LogP contribution in [-0.4, -0.2) is 27.0 Å². The summed E-state index contributed by atoms with van der Waals surface area (Å²) in [6.07, 6.45) is 4.27. The van der Waals surface area contributed by atoms with Crippen molar-refractivity contribution in [3.05, 3.63) is 40.8 Å². The molecule has 0 saturated carbocycles. The van der Waals surface area contributed by atoms with Gasteiger partial charge in [0, 0.05) is 12.4 Å². The molecule has 0 unspecified atom stereocenters. The van der Waals surface area contributed by atoms with Crippen LogP contribution >= 0.6 is 0 Å². The maximum absolute atomic E-state index is 10.6. The normalized spacial score (nSPS) is 9.94. The fourth-order valence-electron chi connectivity index (χ4n) is 1.28. The summed E-state index contributed by atoms with van der Waals surface area (Å²) in [6.45, 7) is 0. The van der Waals surface area contributed by atoms with Gasteiger partial charge in [0.2, 0.25) is 0 Å². The summed E-state index contributed by atoms with van der Waals surface area (Å²) < 4.78 is 5.04. The van der Waals surface area contributed by atoms with E-state index in [2.05, 4.69) is 15.0 Å². The molecule has 0 N–H and O–H groups in total. The second-order valence-corrected chi connectivity index (χ2v) is 3.07. The first-order chi connectivity index (χ1) is 8.22. The molecule has 2 rings (SSSR count). The summed E-state index contributed by atoms with van der Waals surface area (Å²) in [5.41, 5.74) is 0.236. The molecular formula is C10H8N4O3. The smallest absolute Gasteiger partial charge is 0.291 e. The second-order valence-electron chi connectivity index (χ2n) is 3.07. The summed E-state index contributed by atoms with van der Waals surface area (Å²) >= 11 is 0. The highest BCUT2D eigenvalue weighted by atomic mass is 16.6. The molecule has 0 fully saturated rings. The number of hydrogen-bond acceptors (Lipinski definition) is 6. The largest absolute Gasteiger partial charge is 0.494 e. The Morgan fingerprint density at radius 3 is 2.59 bits per heavy atom. The fourth-order valence-corrected chi connectivity index (χ4v) is 1.28. The Bertz CT molecular complexity index is 545. The predicted octanol–water partition coefficient (Wildman–Crippen LogP) is 1.46. The number of nitro groups is 1. The number of pyridine rings is 1. The van der Waals surface area contributed by atoms with Crippen LogP contribution in [0.2, 0.25) is 0 Å². The van der Waals surface area contributed by atoms with Gasteiger partial charge in [-0.25, -0.2) is 15.0 Å². The zero-order valence-electron chi connectivity index (χ0n) is 8.90. The number of nitrogens with zero attached hydrogens (tertiary/aromatic N) is 4. The van der Waals surface area contributed by atoms with E-state index in [-0.39, 0.29) is 11.4 Å². The van der Waals surface area contributed by atoms with Gasteiger partial charge in [-0.15, -0.1) is 0 Å². The molecule has 0 aliphatic carbocycles. The van der Waals surface area contributed by atoms with Crippen LogP contribution < -0.4 is 4.74 Å². The lowest BCUT2D eigenvalue weighted by molar-refractivity contribution is -0.385. The third-order valence-electron chi connectivity index (χ3n) is 2.05. The summed E-state index contributed by atoms with van der Waals surface area (Å²) in [7, 11) is 1.41. The zero-order valence-corrected chi connectivity index (χ0v) is 8.90. The van der Waals surface area contributed by atoms with Crippen LogP contribution in [0, 0.1) is 10.1 Å². The minimum atomic E-state index is -0.537. The molecule has 2 aromatic rings. The number of aromatic nitrogens is 3. The van der Waals surface area contributed by atoms with Gasteiger partial charge in [-0.1, -0.05) is 0 Å². The summed E-state index contributed by atoms with van der Waals surface area (Å²) in [5, 5.41) is 10.6. The number of hydrogen-bond donors (Lipinski definition) is 0. The average molecular weight is 232 g/mol. The third kappa shape index (κ3) is 2.17. The lowest BCUT2D eigenvalue weighted by Crippen LogP contribution is -1.97. The van der Waals surface area contributed by atoms with E-state index in [4.69, 9.17) is 4.74 Å². The van der Waals surface area contributed by atoms with Crippen LogP contribution in [0.25, 0.3) is 11.5 Å². The fraction of sp³-hybridized carbons (Fsp3) is 0.100. The number of methoxy groups -OCH3 is 1. The van der Waals surface area contributed by atoms with Crippen LogP contribution in [0.3, 0.4) is 0 Å². The molecule has 0 aliphatic heterocycles. The van der Waals surface area contributed by atoms with Crippen molar-refractivity contribution in [3.63, 3.8) is 0 Å². The Morgan fingerprint density at radius 1 is 1.29 bits per heavy atom. The second kappa shape index (κ2) is 4.52. The average Bonchev–Trinajstić information content (AvgIpc) is 2.39. The highest BCUT2D eigenvalue weighted by molar-refractivity contribution is 5.60. The van der Waals surface area contributed by atoms with Gasteiger partial charge in [-0.3, -0.25) is 10.1 Å². The molecule has 2 aromatic heterocycles. The van der Waals surface area contributed by atoms with Gasteiger partial charge in [0.15, 0.2) is 11.6 Å². The first-order valence-electron chi connectivity index (χ1n) is 4.68. The van der Waals surface area contributed by atoms with E-state index in [0.717, 1.165) is 6.20 Å². The van der Waals surface area contributed by atoms with Crippen molar-refractivity contribution in [3.8, 4) is 17.3 Å². The summed E-state index contributed by atoms with van der Waals surface area (Å²) in [5.74, 6) is 0.629. The first-order valence-corrected chi connectivity index (χ1v) is 4.68. The zero-order chi connectivity index (χ0) is 12.3. The van der Waals surface area contributed by atoms with E-state index in [1.54, 1.807) is 18.5 Å². The predicted molar refractivity (Wildman–Crippen MR) is 58.5 cm³/mol. The van der Waals surface area contributed by atoms with Crippen LogP contribution in [0.15, 0.2) is 30.7 Å². The van der Waals surface area contributed by atoms with E-state index < -0.39 is 4.92 Å². The standard InChI is InChI=1S/C10H8N4O3/c1-17-8-5-7(14(15)16)6-13-9(8)10-11-3-2-4-12-10/h2-6H,1H3. The molecule has 0 amide bonds. The molecule has 0 radical (unpaired) electrons. The number of ether oxygens (including phenoxy) is 1. The van der Waals surface area contributed by atoms with Gasteiger partial charge < -0.3 is 4.74 Å². The Kier molecular flexibility index (Phi) is 2.91. The molecule has 2 heterocycles. The van der Waals surface area contributed by atoms with E-state index in [1.807, 2.05) is 0 Å². The maximum atomic E-state index is 10.6. The highest BCUT2D eigenvalue weighted by Gasteiger charge is 2.15. The molecule has 0 atom stereocenters. The van der Waals surface area contributed by atoms with E-state index in [1.165, 1.54) is 13.2 Å². The lowest BCUT2D eigenvalue weighted by Gasteiger charge is -2.05. The first kappa shape index (κ1) is 10.9. The van der Waals surface area contributed by atoms with Gasteiger partial charge in [0.1, 0.15) is 11.9 Å². The molecule has 0 aliphatic rings. The van der Waals surface area contributed by atoms with Crippen molar-refractivity contribution in [2.45, 2.75) is 0 Å². The topological polar surface area (TPSA) is 91.0 Å². The quantitative estimate of drug-likeness (QED) is 0.587. The van der Waals surface area contributed by atoms with Crippen LogP contribution in [-0.2, 0) is 0 Å². The molecule has 7 nitrogen and oxygen atoms in total. The van der Waals surface area contributed by atoms with Crippen LogP contribution in [0.5, 0.6) is 5.75 Å². The Hall–Kier alpha value is -2.57. The van der Waals surface area contributed by atoms with Gasteiger partial charge in [-0.05, 0) is 6.07 Å². The molecular weight excluding hydrogens is 224 g/mol. The molecule has 0 aromatic carbocycles. The van der Waals surface area contributed by atoms with Crippen molar-refractivity contribution in [1.82, 2.24) is 15.0 Å². The summed E-state index contributed by atoms with van der Waals surface area (Å²) in [6, 6.07) is 2.96. The highest BCUT2D eigenvalue weighted by Crippen LogP contribution is 2.27. The number of rotatable bonds is 3. The van der Waals surface area contributed by atoms with Crippen LogP contribution in [0.1, 0.15) is 0 Å². The molecule has 17 heavy (non-hydrogen) atoms.